The van der Waals surface area contributed by atoms with E-state index in [4.69, 9.17) is 4.74 Å². The van der Waals surface area contributed by atoms with Gasteiger partial charge in [0.25, 0.3) is 0 Å². The third kappa shape index (κ3) is 2.80. The third-order valence-corrected chi connectivity index (χ3v) is 5.80. The second-order valence-electron chi connectivity index (χ2n) is 7.49. The van der Waals surface area contributed by atoms with Crippen molar-refractivity contribution in [1.82, 2.24) is 14.5 Å². The molecule has 130 valence electrons. The van der Waals surface area contributed by atoms with Crippen molar-refractivity contribution in [2.75, 3.05) is 26.3 Å². The summed E-state index contributed by atoms with van der Waals surface area (Å²) >= 11 is 0. The Kier molecular flexibility index (Phi) is 4.22. The van der Waals surface area contributed by atoms with Crippen LogP contribution in [-0.2, 0) is 4.74 Å². The van der Waals surface area contributed by atoms with Gasteiger partial charge in [0.2, 0.25) is 0 Å². The van der Waals surface area contributed by atoms with Gasteiger partial charge in [-0.05, 0) is 49.8 Å². The maximum Gasteiger partial charge on any atom is 0.326 e. The molecule has 5 heteroatoms. The molecule has 3 heterocycles. The van der Waals surface area contributed by atoms with Gasteiger partial charge in [-0.1, -0.05) is 13.0 Å². The van der Waals surface area contributed by atoms with Crippen molar-refractivity contribution in [2.24, 2.45) is 5.92 Å². The number of nitrogens with one attached hydrogen (secondary N) is 1. The Bertz CT molecular complexity index is 773. The van der Waals surface area contributed by atoms with Gasteiger partial charge in [0, 0.05) is 38.4 Å². The van der Waals surface area contributed by atoms with Crippen molar-refractivity contribution in [3.8, 4) is 0 Å². The van der Waals surface area contributed by atoms with E-state index in [1.165, 1.54) is 5.56 Å². The fourth-order valence-electron chi connectivity index (χ4n) is 4.49. The molecule has 2 atom stereocenters. The van der Waals surface area contributed by atoms with Crippen molar-refractivity contribution in [3.05, 3.63) is 34.2 Å². The number of fused-ring (bicyclic) bond motifs is 1. The first-order chi connectivity index (χ1) is 11.6. The number of aryl methyl sites for hydroxylation is 1. The smallest absolute Gasteiger partial charge is 0.326 e. The predicted molar refractivity (Wildman–Crippen MR) is 95.5 cm³/mol. The van der Waals surface area contributed by atoms with Gasteiger partial charge in [0.1, 0.15) is 0 Å². The molecule has 0 aliphatic carbocycles. The zero-order valence-electron chi connectivity index (χ0n) is 14.6. The molecule has 1 aromatic heterocycles. The van der Waals surface area contributed by atoms with Crippen LogP contribution in [0.3, 0.4) is 0 Å². The highest BCUT2D eigenvalue weighted by atomic mass is 16.5. The summed E-state index contributed by atoms with van der Waals surface area (Å²) in [4.78, 5) is 18.2. The van der Waals surface area contributed by atoms with Crippen molar-refractivity contribution >= 4 is 11.0 Å². The number of ether oxygens (including phenoxy) is 1. The molecule has 2 aliphatic heterocycles. The van der Waals surface area contributed by atoms with Gasteiger partial charge in [-0.15, -0.1) is 0 Å². The quantitative estimate of drug-likeness (QED) is 0.921. The number of aromatic amines is 1. The SMILES string of the molecule is Cc1ccc2[nH]c(=O)n(C3CCN(C4CCOCC4)CC3C)c2c1. The van der Waals surface area contributed by atoms with Gasteiger partial charge < -0.3 is 9.72 Å². The van der Waals surface area contributed by atoms with Crippen LogP contribution in [0.25, 0.3) is 11.0 Å². The lowest BCUT2D eigenvalue weighted by Gasteiger charge is -2.42. The minimum Gasteiger partial charge on any atom is -0.381 e. The lowest BCUT2D eigenvalue weighted by atomic mass is 9.91. The van der Waals surface area contributed by atoms with E-state index in [9.17, 15) is 4.79 Å². The second-order valence-corrected chi connectivity index (χ2v) is 7.49. The Balaban J connectivity index is 1.59. The second kappa shape index (κ2) is 6.37. The molecule has 4 rings (SSSR count). The zero-order chi connectivity index (χ0) is 16.7. The van der Waals surface area contributed by atoms with E-state index in [0.29, 0.717) is 12.0 Å². The minimum atomic E-state index is 0.0342. The Morgan fingerprint density at radius 2 is 2.00 bits per heavy atom. The monoisotopic (exact) mass is 329 g/mol. The first-order valence-electron chi connectivity index (χ1n) is 9.16. The van der Waals surface area contributed by atoms with Gasteiger partial charge in [-0.3, -0.25) is 9.47 Å². The number of likely N-dealkylation sites (tertiary alicyclic amines) is 1. The van der Waals surface area contributed by atoms with Crippen LogP contribution in [0, 0.1) is 12.8 Å². The molecule has 0 bridgehead atoms. The van der Waals surface area contributed by atoms with Crippen LogP contribution in [0.15, 0.2) is 23.0 Å². The topological polar surface area (TPSA) is 50.3 Å². The summed E-state index contributed by atoms with van der Waals surface area (Å²) in [7, 11) is 0. The third-order valence-electron chi connectivity index (χ3n) is 5.80. The molecule has 2 aliphatic rings. The van der Waals surface area contributed by atoms with E-state index in [1.54, 1.807) is 0 Å². The number of piperidine rings is 1. The lowest BCUT2D eigenvalue weighted by molar-refractivity contribution is 0.0101. The molecule has 1 N–H and O–H groups in total. The van der Waals surface area contributed by atoms with E-state index < -0.39 is 0 Å². The lowest BCUT2D eigenvalue weighted by Crippen LogP contribution is -2.48. The van der Waals surface area contributed by atoms with Crippen LogP contribution in [0.1, 0.15) is 37.8 Å². The summed E-state index contributed by atoms with van der Waals surface area (Å²) in [6.45, 7) is 8.29. The maximum atomic E-state index is 12.6. The molecule has 24 heavy (non-hydrogen) atoms. The summed E-state index contributed by atoms with van der Waals surface area (Å²) < 4.78 is 7.50. The van der Waals surface area contributed by atoms with Crippen LogP contribution in [0.5, 0.6) is 0 Å². The van der Waals surface area contributed by atoms with Gasteiger partial charge in [-0.25, -0.2) is 4.79 Å². The Labute approximate surface area is 142 Å². The fraction of sp³-hybridized carbons (Fsp3) is 0.632. The maximum absolute atomic E-state index is 12.6. The first-order valence-corrected chi connectivity index (χ1v) is 9.16. The van der Waals surface area contributed by atoms with Crippen LogP contribution < -0.4 is 5.69 Å². The number of benzene rings is 1. The molecular formula is C19H27N3O2. The molecule has 0 amide bonds. The molecule has 0 spiro atoms. The van der Waals surface area contributed by atoms with E-state index in [-0.39, 0.29) is 11.7 Å². The van der Waals surface area contributed by atoms with Crippen LogP contribution in [0.2, 0.25) is 0 Å². The number of hydrogen-bond acceptors (Lipinski definition) is 3. The highest BCUT2D eigenvalue weighted by Gasteiger charge is 2.33. The van der Waals surface area contributed by atoms with Crippen molar-refractivity contribution in [1.29, 1.82) is 0 Å². The predicted octanol–water partition coefficient (Wildman–Crippen LogP) is 2.70. The Morgan fingerprint density at radius 1 is 1.21 bits per heavy atom. The Morgan fingerprint density at radius 3 is 2.75 bits per heavy atom. The highest BCUT2D eigenvalue weighted by Crippen LogP contribution is 2.32. The fourth-order valence-corrected chi connectivity index (χ4v) is 4.49. The molecule has 0 saturated carbocycles. The summed E-state index contributed by atoms with van der Waals surface area (Å²) in [6, 6.07) is 7.14. The van der Waals surface area contributed by atoms with Crippen molar-refractivity contribution < 1.29 is 4.74 Å². The molecule has 0 radical (unpaired) electrons. The number of rotatable bonds is 2. The largest absolute Gasteiger partial charge is 0.381 e. The summed E-state index contributed by atoms with van der Waals surface area (Å²) in [5.41, 5.74) is 3.23. The molecule has 1 aromatic carbocycles. The van der Waals surface area contributed by atoms with Gasteiger partial charge in [-0.2, -0.15) is 0 Å². The highest BCUT2D eigenvalue weighted by molar-refractivity contribution is 5.76. The van der Waals surface area contributed by atoms with Crippen LogP contribution in [0.4, 0.5) is 0 Å². The van der Waals surface area contributed by atoms with Crippen molar-refractivity contribution in [2.45, 2.75) is 45.2 Å². The van der Waals surface area contributed by atoms with Gasteiger partial charge in [0.15, 0.2) is 0 Å². The average Bonchev–Trinajstić information content (AvgIpc) is 2.91. The standard InChI is InChI=1S/C19H27N3O2/c1-13-3-4-16-18(11-13)22(19(23)20-16)17-5-8-21(12-14(17)2)15-6-9-24-10-7-15/h3-4,11,14-15,17H,5-10,12H2,1-2H3,(H,20,23). The van der Waals surface area contributed by atoms with Crippen LogP contribution in [-0.4, -0.2) is 46.8 Å². The van der Waals surface area contributed by atoms with E-state index in [1.807, 2.05) is 10.6 Å². The summed E-state index contributed by atoms with van der Waals surface area (Å²) in [6.07, 6.45) is 3.33. The van der Waals surface area contributed by atoms with E-state index in [2.05, 4.69) is 35.9 Å². The number of imidazole rings is 1. The molecule has 2 aromatic rings. The number of H-pyrrole nitrogens is 1. The van der Waals surface area contributed by atoms with Crippen molar-refractivity contribution in [3.63, 3.8) is 0 Å². The molecule has 5 nitrogen and oxygen atoms in total. The van der Waals surface area contributed by atoms with Crippen LogP contribution >= 0.6 is 0 Å². The number of nitrogens with zero attached hydrogens (tertiary/aromatic N) is 2. The van der Waals surface area contributed by atoms with Gasteiger partial charge >= 0.3 is 5.69 Å². The Hall–Kier alpha value is -1.59. The summed E-state index contributed by atoms with van der Waals surface area (Å²) in [5, 5.41) is 0. The molecule has 2 saturated heterocycles. The number of hydrogen-bond donors (Lipinski definition) is 1. The molecule has 2 unspecified atom stereocenters. The van der Waals surface area contributed by atoms with Gasteiger partial charge in [0.05, 0.1) is 11.0 Å². The minimum absolute atomic E-state index is 0.0342. The first kappa shape index (κ1) is 15.9. The molecule has 2 fully saturated rings. The zero-order valence-corrected chi connectivity index (χ0v) is 14.6. The normalized spacial score (nSPS) is 26.9. The van der Waals surface area contributed by atoms with E-state index in [0.717, 1.165) is 56.6 Å². The average molecular weight is 329 g/mol. The van der Waals surface area contributed by atoms with E-state index >= 15 is 0 Å². The number of aromatic nitrogens is 2. The summed E-state index contributed by atoms with van der Waals surface area (Å²) in [5.74, 6) is 0.471. The molecular weight excluding hydrogens is 302 g/mol.